The van der Waals surface area contributed by atoms with Gasteiger partial charge in [-0.2, -0.15) is 0 Å². The molecule has 25 heavy (non-hydrogen) atoms. The van der Waals surface area contributed by atoms with E-state index in [0.717, 1.165) is 36.0 Å². The van der Waals surface area contributed by atoms with Gasteiger partial charge in [-0.15, -0.1) is 0 Å². The first-order valence-electron chi connectivity index (χ1n) is 8.58. The van der Waals surface area contributed by atoms with Gasteiger partial charge in [-0.3, -0.25) is 0 Å². The van der Waals surface area contributed by atoms with Crippen LogP contribution in [0.15, 0.2) is 24.3 Å². The average molecular weight is 335 g/mol. The van der Waals surface area contributed by atoms with Crippen LogP contribution in [0.25, 0.3) is 11.8 Å². The van der Waals surface area contributed by atoms with Crippen molar-refractivity contribution in [3.63, 3.8) is 0 Å². The van der Waals surface area contributed by atoms with Crippen LogP contribution in [0.5, 0.6) is 23.0 Å². The van der Waals surface area contributed by atoms with Crippen LogP contribution < -0.4 is 29.4 Å². The highest BCUT2D eigenvalue weighted by Gasteiger charge is 2.32. The Kier molecular flexibility index (Phi) is 2.49. The maximum absolute atomic E-state index is 5.61. The number of fused-ring (bicyclic) bond motifs is 6. The van der Waals surface area contributed by atoms with Gasteiger partial charge < -0.3 is 23.8 Å². The van der Waals surface area contributed by atoms with Crippen LogP contribution >= 0.6 is 0 Å². The van der Waals surface area contributed by atoms with Gasteiger partial charge in [-0.1, -0.05) is 0 Å². The topological polar surface area (TPSA) is 40.2 Å². The van der Waals surface area contributed by atoms with E-state index in [-0.39, 0.29) is 6.04 Å². The van der Waals surface area contributed by atoms with Gasteiger partial charge in [0.15, 0.2) is 23.0 Å². The molecule has 2 aromatic carbocycles. The van der Waals surface area contributed by atoms with E-state index in [1.54, 1.807) is 0 Å². The largest absolute Gasteiger partial charge is 0.454 e. The third-order valence-corrected chi connectivity index (χ3v) is 5.58. The molecule has 0 aromatic heterocycles. The zero-order chi connectivity index (χ0) is 16.5. The summed E-state index contributed by atoms with van der Waals surface area (Å²) in [5, 5.41) is 2.43. The fraction of sp³-hybridized carbons (Fsp3) is 0.300. The van der Waals surface area contributed by atoms with Crippen LogP contribution in [0.3, 0.4) is 0 Å². The molecule has 1 unspecified atom stereocenters. The molecule has 2 aromatic rings. The quantitative estimate of drug-likeness (QED) is 0.732. The first kappa shape index (κ1) is 13.5. The molecule has 0 saturated carbocycles. The van der Waals surface area contributed by atoms with Crippen LogP contribution in [-0.2, 0) is 6.42 Å². The van der Waals surface area contributed by atoms with Gasteiger partial charge in [0.25, 0.3) is 0 Å². The summed E-state index contributed by atoms with van der Waals surface area (Å²) in [4.78, 5) is 2.42. The summed E-state index contributed by atoms with van der Waals surface area (Å²) in [5.74, 6) is 3.39. The molecular weight excluding hydrogens is 318 g/mol. The Morgan fingerprint density at radius 2 is 1.56 bits per heavy atom. The third kappa shape index (κ3) is 1.78. The second-order valence-corrected chi connectivity index (χ2v) is 6.90. The lowest BCUT2D eigenvalue weighted by Crippen LogP contribution is -2.42. The number of hydrogen-bond donors (Lipinski definition) is 0. The van der Waals surface area contributed by atoms with Gasteiger partial charge in [0, 0.05) is 18.0 Å². The maximum Gasteiger partial charge on any atom is 0.231 e. The van der Waals surface area contributed by atoms with Gasteiger partial charge in [0.1, 0.15) is 0 Å². The van der Waals surface area contributed by atoms with Gasteiger partial charge in [-0.25, -0.2) is 0 Å². The van der Waals surface area contributed by atoms with Gasteiger partial charge in [0.2, 0.25) is 13.6 Å². The SMILES string of the molecule is CC1=c2cc3c(cc2=CN2CCc4cc5c(cc4C12)OCO5)OCO3. The minimum absolute atomic E-state index is 0.228. The fourth-order valence-corrected chi connectivity index (χ4v) is 4.38. The van der Waals surface area contributed by atoms with Crippen LogP contribution in [0, 0.1) is 0 Å². The minimum atomic E-state index is 0.228. The van der Waals surface area contributed by atoms with Crippen LogP contribution in [0.1, 0.15) is 24.1 Å². The third-order valence-electron chi connectivity index (χ3n) is 5.58. The smallest absolute Gasteiger partial charge is 0.231 e. The van der Waals surface area contributed by atoms with Crippen LogP contribution in [-0.4, -0.2) is 25.0 Å². The lowest BCUT2D eigenvalue weighted by molar-refractivity contribution is 0.173. The molecule has 0 aliphatic carbocycles. The zero-order valence-electron chi connectivity index (χ0n) is 13.9. The highest BCUT2D eigenvalue weighted by Crippen LogP contribution is 2.43. The van der Waals surface area contributed by atoms with E-state index in [1.807, 2.05) is 0 Å². The van der Waals surface area contributed by atoms with E-state index in [0.29, 0.717) is 13.6 Å². The van der Waals surface area contributed by atoms with Crippen molar-refractivity contribution >= 4 is 11.8 Å². The van der Waals surface area contributed by atoms with Crippen molar-refractivity contribution in [2.75, 3.05) is 20.1 Å². The Bertz CT molecular complexity index is 1040. The van der Waals surface area contributed by atoms with E-state index in [9.17, 15) is 0 Å². The standard InChI is InChI=1S/C20H17NO4/c1-11-14-6-18-17(23-10-24-18)5-13(14)8-21-3-2-12-4-16-19(25-9-22-16)7-15(12)20(11)21/h4-8,20H,2-3,9-10H2,1H3. The monoisotopic (exact) mass is 335 g/mol. The fourth-order valence-electron chi connectivity index (χ4n) is 4.38. The van der Waals surface area contributed by atoms with Crippen molar-refractivity contribution < 1.29 is 18.9 Å². The van der Waals surface area contributed by atoms with Crippen molar-refractivity contribution in [2.45, 2.75) is 19.4 Å². The van der Waals surface area contributed by atoms with Crippen molar-refractivity contribution in [3.8, 4) is 23.0 Å². The molecule has 5 heteroatoms. The highest BCUT2D eigenvalue weighted by atomic mass is 16.7. The second kappa shape index (κ2) is 4.63. The van der Waals surface area contributed by atoms with Gasteiger partial charge in [-0.05, 0) is 59.5 Å². The molecule has 0 N–H and O–H groups in total. The summed E-state index contributed by atoms with van der Waals surface area (Å²) in [5.41, 5.74) is 3.99. The normalized spacial score (nSPS) is 21.4. The first-order chi connectivity index (χ1) is 12.3. The number of ether oxygens (including phenoxy) is 4. The summed E-state index contributed by atoms with van der Waals surface area (Å²) in [6.07, 6.45) is 3.26. The molecule has 0 amide bonds. The molecule has 126 valence electrons. The Balaban J connectivity index is 1.59. The molecule has 0 radical (unpaired) electrons. The van der Waals surface area contributed by atoms with Crippen LogP contribution in [0.4, 0.5) is 0 Å². The molecule has 1 atom stereocenters. The van der Waals surface area contributed by atoms with Gasteiger partial charge >= 0.3 is 0 Å². The average Bonchev–Trinajstić information content (AvgIpc) is 3.26. The first-order valence-corrected chi connectivity index (χ1v) is 8.58. The molecule has 0 fully saturated rings. The number of benzene rings is 2. The lowest BCUT2D eigenvalue weighted by Gasteiger charge is -2.39. The Labute approximate surface area is 144 Å². The van der Waals surface area contributed by atoms with Gasteiger partial charge in [0.05, 0.1) is 6.04 Å². The number of hydrogen-bond acceptors (Lipinski definition) is 5. The molecule has 0 spiro atoms. The van der Waals surface area contributed by atoms with E-state index >= 15 is 0 Å². The molecule has 6 rings (SSSR count). The van der Waals surface area contributed by atoms with E-state index in [2.05, 4.69) is 42.3 Å². The molecule has 4 heterocycles. The van der Waals surface area contributed by atoms with E-state index < -0.39 is 0 Å². The predicted octanol–water partition coefficient (Wildman–Crippen LogP) is 1.67. The highest BCUT2D eigenvalue weighted by molar-refractivity contribution is 5.64. The van der Waals surface area contributed by atoms with E-state index in [1.165, 1.54) is 27.1 Å². The lowest BCUT2D eigenvalue weighted by atomic mass is 9.85. The minimum Gasteiger partial charge on any atom is -0.454 e. The van der Waals surface area contributed by atoms with Crippen LogP contribution in [0.2, 0.25) is 0 Å². The second-order valence-electron chi connectivity index (χ2n) is 6.90. The Morgan fingerprint density at radius 3 is 2.36 bits per heavy atom. The molecule has 5 nitrogen and oxygen atoms in total. The predicted molar refractivity (Wildman–Crippen MR) is 91.1 cm³/mol. The summed E-state index contributed by atoms with van der Waals surface area (Å²) in [6.45, 7) is 3.82. The summed E-state index contributed by atoms with van der Waals surface area (Å²) >= 11 is 0. The molecule has 4 aliphatic heterocycles. The van der Waals surface area contributed by atoms with Crippen molar-refractivity contribution in [1.29, 1.82) is 0 Å². The molecule has 0 saturated heterocycles. The molecule has 0 bridgehead atoms. The Hall–Kier alpha value is -2.82. The van der Waals surface area contributed by atoms with E-state index in [4.69, 9.17) is 18.9 Å². The molecular formula is C20H17NO4. The summed E-state index contributed by atoms with van der Waals surface area (Å²) in [6, 6.07) is 8.74. The van der Waals surface area contributed by atoms with Crippen molar-refractivity contribution in [1.82, 2.24) is 4.90 Å². The summed E-state index contributed by atoms with van der Waals surface area (Å²) in [7, 11) is 0. The number of nitrogens with zero attached hydrogens (tertiary/aromatic N) is 1. The van der Waals surface area contributed by atoms with Crippen molar-refractivity contribution in [2.24, 2.45) is 0 Å². The Morgan fingerprint density at radius 1 is 0.880 bits per heavy atom. The maximum atomic E-state index is 5.61. The number of rotatable bonds is 0. The summed E-state index contributed by atoms with van der Waals surface area (Å²) < 4.78 is 22.3. The zero-order valence-corrected chi connectivity index (χ0v) is 13.9. The molecule has 4 aliphatic rings. The van der Waals surface area contributed by atoms with Crippen molar-refractivity contribution in [3.05, 3.63) is 45.8 Å².